The zero-order valence-corrected chi connectivity index (χ0v) is 18.9. The number of nitrogens with zero attached hydrogens (tertiary/aromatic N) is 5. The lowest BCUT2D eigenvalue weighted by atomic mass is 9.87. The van der Waals surface area contributed by atoms with Crippen molar-refractivity contribution in [1.82, 2.24) is 13.6 Å². The van der Waals surface area contributed by atoms with E-state index in [0.29, 0.717) is 10.1 Å². The average molecular weight is 448 g/mol. The third-order valence-corrected chi connectivity index (χ3v) is 6.88. The zero-order valence-electron chi connectivity index (χ0n) is 16.6. The number of benzene rings is 1. The molecule has 0 unspecified atom stereocenters. The molecular formula is C20H22ClN5OS2. The highest BCUT2D eigenvalue weighted by Crippen LogP contribution is 2.32. The summed E-state index contributed by atoms with van der Waals surface area (Å²) in [6.07, 6.45) is 1.92. The molecule has 0 radical (unpaired) electrons. The van der Waals surface area contributed by atoms with Gasteiger partial charge in [0.2, 0.25) is 0 Å². The number of amidine groups is 1. The molecule has 152 valence electrons. The fourth-order valence-corrected chi connectivity index (χ4v) is 4.98. The Morgan fingerprint density at radius 1 is 1.03 bits per heavy atom. The first-order valence-electron chi connectivity index (χ1n) is 9.42. The molecule has 1 aromatic carbocycles. The lowest BCUT2D eigenvalue weighted by molar-refractivity contribution is -0.113. The number of rotatable bonds is 2. The highest BCUT2D eigenvalue weighted by molar-refractivity contribution is 8.18. The van der Waals surface area contributed by atoms with Crippen molar-refractivity contribution >= 4 is 58.1 Å². The number of carbonyl (C=O) groups is 1. The van der Waals surface area contributed by atoms with E-state index in [1.54, 1.807) is 0 Å². The van der Waals surface area contributed by atoms with Crippen LogP contribution in [0.15, 0.2) is 34.2 Å². The van der Waals surface area contributed by atoms with E-state index in [2.05, 4.69) is 68.6 Å². The molecule has 0 atom stereocenters. The number of carbonyl (C=O) groups excluding carboxylic acids is 1. The number of aromatic nitrogens is 2. The van der Waals surface area contributed by atoms with Gasteiger partial charge in [-0.2, -0.15) is 13.7 Å². The zero-order chi connectivity index (χ0) is 20.6. The van der Waals surface area contributed by atoms with E-state index >= 15 is 0 Å². The largest absolute Gasteiger partial charge is 0.350 e. The molecule has 2 aromatic rings. The molecule has 0 bridgehead atoms. The van der Waals surface area contributed by atoms with E-state index in [1.165, 1.54) is 17.3 Å². The fourth-order valence-electron chi connectivity index (χ4n) is 3.24. The Morgan fingerprint density at radius 2 is 1.69 bits per heavy atom. The van der Waals surface area contributed by atoms with Crippen LogP contribution in [0, 0.1) is 0 Å². The van der Waals surface area contributed by atoms with Crippen molar-refractivity contribution in [2.75, 3.05) is 31.1 Å². The summed E-state index contributed by atoms with van der Waals surface area (Å²) in [5.41, 5.74) is 2.40. The van der Waals surface area contributed by atoms with Gasteiger partial charge in [0.25, 0.3) is 5.91 Å². The molecule has 0 aliphatic carbocycles. The van der Waals surface area contributed by atoms with Gasteiger partial charge in [0, 0.05) is 26.2 Å². The Hall–Kier alpha value is -1.90. The molecule has 1 amide bonds. The Labute approximate surface area is 184 Å². The number of hydrogen-bond donors (Lipinski definition) is 0. The summed E-state index contributed by atoms with van der Waals surface area (Å²) in [5, 5.41) is 1.23. The number of amides is 1. The Balaban J connectivity index is 1.40. The van der Waals surface area contributed by atoms with E-state index < -0.39 is 0 Å². The minimum absolute atomic E-state index is 0.112. The molecule has 29 heavy (non-hydrogen) atoms. The summed E-state index contributed by atoms with van der Waals surface area (Å²) in [6.45, 7) is 9.64. The van der Waals surface area contributed by atoms with Gasteiger partial charge < -0.3 is 9.80 Å². The molecule has 0 N–H and O–H groups in total. The molecule has 3 heterocycles. The highest BCUT2D eigenvalue weighted by atomic mass is 35.5. The number of hydrogen-bond acceptors (Lipinski definition) is 7. The maximum absolute atomic E-state index is 12.4. The van der Waals surface area contributed by atoms with Crippen LogP contribution in [0.25, 0.3) is 6.08 Å². The fraction of sp³-hybridized carbons (Fsp3) is 0.400. The van der Waals surface area contributed by atoms with Crippen LogP contribution in [-0.2, 0) is 10.2 Å². The highest BCUT2D eigenvalue weighted by Gasteiger charge is 2.29. The first-order chi connectivity index (χ1) is 13.8. The molecule has 0 spiro atoms. The Kier molecular flexibility index (Phi) is 5.68. The molecule has 6 nitrogen and oxygen atoms in total. The average Bonchev–Trinajstić information content (AvgIpc) is 3.27. The van der Waals surface area contributed by atoms with Gasteiger partial charge in [-0.15, -0.1) is 0 Å². The molecule has 1 saturated heterocycles. The minimum atomic E-state index is -0.168. The van der Waals surface area contributed by atoms with E-state index in [4.69, 9.17) is 11.6 Å². The maximum atomic E-state index is 12.4. The van der Waals surface area contributed by atoms with Crippen LogP contribution in [0.2, 0.25) is 5.15 Å². The van der Waals surface area contributed by atoms with Crippen LogP contribution in [0.5, 0.6) is 0 Å². The van der Waals surface area contributed by atoms with Crippen LogP contribution >= 0.6 is 35.1 Å². The molecule has 2 aliphatic rings. The van der Waals surface area contributed by atoms with Gasteiger partial charge in [0.05, 0.1) is 16.6 Å². The number of aliphatic imine (C=N–C) groups is 1. The summed E-state index contributed by atoms with van der Waals surface area (Å²) >= 11 is 8.66. The third kappa shape index (κ3) is 4.49. The van der Waals surface area contributed by atoms with Crippen molar-refractivity contribution in [3.05, 3.63) is 45.5 Å². The number of thioether (sulfide) groups is 1. The van der Waals surface area contributed by atoms with Crippen molar-refractivity contribution in [3.63, 3.8) is 0 Å². The SMILES string of the molecule is CC(C)(C)c1ccc(/C=C2\SC(N3CCN(c4nsnc4Cl)CC3)=NC2=O)cc1. The van der Waals surface area contributed by atoms with E-state index in [9.17, 15) is 4.79 Å². The van der Waals surface area contributed by atoms with Crippen molar-refractivity contribution in [2.45, 2.75) is 26.2 Å². The monoisotopic (exact) mass is 447 g/mol. The van der Waals surface area contributed by atoms with Crippen LogP contribution < -0.4 is 4.90 Å². The standard InChI is InChI=1S/C20H22ClN5OS2/c1-20(2,3)14-6-4-13(5-7-14)12-15-18(27)22-19(28-15)26-10-8-25(9-11-26)17-16(21)23-29-24-17/h4-7,12H,8-11H2,1-3H3/b15-12-. The topological polar surface area (TPSA) is 61.7 Å². The van der Waals surface area contributed by atoms with Crippen molar-refractivity contribution in [1.29, 1.82) is 0 Å². The third-order valence-electron chi connectivity index (χ3n) is 4.97. The molecule has 2 aliphatic heterocycles. The van der Waals surface area contributed by atoms with Gasteiger partial charge in [-0.05, 0) is 34.4 Å². The summed E-state index contributed by atoms with van der Waals surface area (Å²) < 4.78 is 8.29. The predicted molar refractivity (Wildman–Crippen MR) is 122 cm³/mol. The van der Waals surface area contributed by atoms with Crippen molar-refractivity contribution in [3.8, 4) is 0 Å². The normalized spacial score (nSPS) is 19.2. The van der Waals surface area contributed by atoms with E-state index in [-0.39, 0.29) is 11.3 Å². The lowest BCUT2D eigenvalue weighted by Gasteiger charge is -2.35. The van der Waals surface area contributed by atoms with Crippen LogP contribution in [-0.4, -0.2) is 50.9 Å². The van der Waals surface area contributed by atoms with E-state index in [0.717, 1.165) is 54.5 Å². The van der Waals surface area contributed by atoms with Crippen LogP contribution in [0.4, 0.5) is 5.82 Å². The quantitative estimate of drug-likeness (QED) is 0.640. The van der Waals surface area contributed by atoms with Gasteiger partial charge in [-0.25, -0.2) is 0 Å². The molecule has 9 heteroatoms. The molecule has 0 saturated carbocycles. The first kappa shape index (κ1) is 20.4. The second-order valence-electron chi connectivity index (χ2n) is 8.03. The number of halogens is 1. The summed E-state index contributed by atoms with van der Waals surface area (Å²) in [4.78, 5) is 21.6. The van der Waals surface area contributed by atoms with Crippen LogP contribution in [0.3, 0.4) is 0 Å². The summed E-state index contributed by atoms with van der Waals surface area (Å²) in [6, 6.07) is 8.36. The second kappa shape index (κ2) is 8.08. The van der Waals surface area contributed by atoms with Crippen molar-refractivity contribution < 1.29 is 4.79 Å². The van der Waals surface area contributed by atoms with Gasteiger partial charge in [-0.3, -0.25) is 4.79 Å². The van der Waals surface area contributed by atoms with Gasteiger partial charge in [0.1, 0.15) is 0 Å². The molecular weight excluding hydrogens is 426 g/mol. The Morgan fingerprint density at radius 3 is 2.28 bits per heavy atom. The predicted octanol–water partition coefficient (Wildman–Crippen LogP) is 4.28. The number of piperazine rings is 1. The van der Waals surface area contributed by atoms with E-state index in [1.807, 2.05) is 6.08 Å². The second-order valence-corrected chi connectivity index (χ2v) is 9.93. The maximum Gasteiger partial charge on any atom is 0.286 e. The minimum Gasteiger partial charge on any atom is -0.350 e. The smallest absolute Gasteiger partial charge is 0.286 e. The Bertz CT molecular complexity index is 970. The molecule has 1 fully saturated rings. The summed E-state index contributed by atoms with van der Waals surface area (Å²) in [5.74, 6) is 0.576. The van der Waals surface area contributed by atoms with Gasteiger partial charge >= 0.3 is 0 Å². The van der Waals surface area contributed by atoms with Crippen molar-refractivity contribution in [2.24, 2.45) is 4.99 Å². The lowest BCUT2D eigenvalue weighted by Crippen LogP contribution is -2.48. The first-order valence-corrected chi connectivity index (χ1v) is 11.3. The number of anilines is 1. The van der Waals surface area contributed by atoms with Crippen LogP contribution in [0.1, 0.15) is 31.9 Å². The summed E-state index contributed by atoms with van der Waals surface area (Å²) in [7, 11) is 0. The molecule has 1 aromatic heterocycles. The van der Waals surface area contributed by atoms with Gasteiger partial charge in [0.15, 0.2) is 16.1 Å². The molecule has 4 rings (SSSR count). The van der Waals surface area contributed by atoms with Gasteiger partial charge in [-0.1, -0.05) is 56.6 Å².